The molecule has 0 heterocycles. The van der Waals surface area contributed by atoms with Gasteiger partial charge in [0.05, 0.1) is 0 Å². The van der Waals surface area contributed by atoms with Crippen molar-refractivity contribution in [2.24, 2.45) is 0 Å². The first-order valence-corrected chi connectivity index (χ1v) is 3.27. The van der Waals surface area contributed by atoms with Gasteiger partial charge in [-0.1, -0.05) is 14.9 Å². The van der Waals surface area contributed by atoms with Crippen molar-refractivity contribution in [3.05, 3.63) is 0 Å². The van der Waals surface area contributed by atoms with Crippen LogP contribution in [0, 0.1) is 0 Å². The fraction of sp³-hybridized carbons (Fsp3) is 1.00. The van der Waals surface area contributed by atoms with E-state index in [0.717, 1.165) is 7.11 Å². The van der Waals surface area contributed by atoms with Gasteiger partial charge < -0.3 is 30.2 Å². The molecule has 0 atom stereocenters. The summed E-state index contributed by atoms with van der Waals surface area (Å²) in [6.07, 6.45) is 0. The minimum Gasteiger partial charge on any atom is -0.857 e. The second kappa shape index (κ2) is 46.9. The quantitative estimate of drug-likeness (QED) is 0.227. The molecule has 0 aromatic rings. The van der Waals surface area contributed by atoms with Crippen LogP contribution in [0.5, 0.6) is 0 Å². The van der Waals surface area contributed by atoms with Gasteiger partial charge in [0, 0.05) is 13.2 Å². The molecule has 0 aromatic heterocycles. The summed E-state index contributed by atoms with van der Waals surface area (Å²) in [7, 11) is 0.750. The third-order valence-electron chi connectivity index (χ3n) is 0.421. The van der Waals surface area contributed by atoms with E-state index in [0.29, 0.717) is 0 Å². The van der Waals surface area contributed by atoms with Crippen molar-refractivity contribution in [3.8, 4) is 0 Å². The second-order valence-electron chi connectivity index (χ2n) is 1.15. The molecule has 0 radical (unpaired) electrons. The van der Waals surface area contributed by atoms with Crippen molar-refractivity contribution in [3.63, 3.8) is 0 Å². The maximum Gasteiger partial charge on any atom is 2.00 e. The summed E-state index contributed by atoms with van der Waals surface area (Å²) in [6, 6.07) is 0. The Labute approximate surface area is 109 Å². The molecular formula is C8H22MgO6-2. The van der Waals surface area contributed by atoms with E-state index in [2.05, 4.69) is 9.62 Å². The molecule has 7 heteroatoms. The Kier molecular flexibility index (Phi) is 113. The van der Waals surface area contributed by atoms with Crippen molar-refractivity contribution < 1.29 is 30.2 Å². The van der Waals surface area contributed by atoms with Crippen LogP contribution in [0.25, 0.3) is 0 Å². The van der Waals surface area contributed by atoms with Crippen LogP contribution in [0.4, 0.5) is 0 Å². The standard InChI is InChI=1S/C3H6O3.C2H6O2.CH3O.2CH4.Mg/c1-2-6-3(4)5;1-2-4-3;1-2;;;/h3H,2H2,1H3;3H,2H2,1H3;1H3;2*1H4;/q-2;;-1;;;+2/p-1. The molecule has 0 amide bonds. The van der Waals surface area contributed by atoms with E-state index in [-0.39, 0.29) is 51.1 Å². The molecule has 0 saturated heterocycles. The Bertz CT molecular complexity index is 54.4. The third kappa shape index (κ3) is 111. The van der Waals surface area contributed by atoms with Crippen LogP contribution in [0.2, 0.25) is 0 Å². The number of hydrogen-bond acceptors (Lipinski definition) is 6. The molecule has 94 valence electrons. The fourth-order valence-corrected chi connectivity index (χ4v) is 0.136. The first-order valence-electron chi connectivity index (χ1n) is 3.27. The van der Waals surface area contributed by atoms with Gasteiger partial charge in [-0.25, -0.2) is 0 Å². The molecule has 0 bridgehead atoms. The van der Waals surface area contributed by atoms with Gasteiger partial charge in [0.25, 0.3) is 0 Å². The Balaban J connectivity index is -0.0000000204. The van der Waals surface area contributed by atoms with Crippen LogP contribution in [-0.2, 0) is 9.62 Å². The monoisotopic (exact) mass is 238 g/mol. The van der Waals surface area contributed by atoms with Gasteiger partial charge in [0.15, 0.2) is 0 Å². The molecule has 0 aliphatic rings. The molecule has 0 saturated carbocycles. The van der Waals surface area contributed by atoms with Crippen LogP contribution in [0.15, 0.2) is 0 Å². The predicted molar refractivity (Wildman–Crippen MR) is 52.2 cm³/mol. The van der Waals surface area contributed by atoms with Gasteiger partial charge in [-0.05, 0) is 13.8 Å². The molecule has 0 fully saturated rings. The fourth-order valence-electron chi connectivity index (χ4n) is 0.136. The van der Waals surface area contributed by atoms with Crippen LogP contribution < -0.4 is 20.6 Å². The Morgan fingerprint density at radius 2 is 1.27 bits per heavy atom. The SMILES string of the molecule is C.C.CCOC([O-])[O-].CCO[O-].C[O-].[Mg+2]. The largest absolute Gasteiger partial charge is 2.00 e. The van der Waals surface area contributed by atoms with Crippen molar-refractivity contribution in [2.75, 3.05) is 20.3 Å². The molecular weight excluding hydrogens is 216 g/mol. The number of rotatable bonds is 3. The minimum absolute atomic E-state index is 0. The molecule has 6 nitrogen and oxygen atoms in total. The normalized spacial score (nSPS) is 6.40. The minimum atomic E-state index is -2.10. The van der Waals surface area contributed by atoms with Gasteiger partial charge in [0.2, 0.25) is 0 Å². The number of ether oxygens (including phenoxy) is 1. The Morgan fingerprint density at radius 1 is 1.00 bits per heavy atom. The van der Waals surface area contributed by atoms with E-state index in [1.165, 1.54) is 0 Å². The van der Waals surface area contributed by atoms with E-state index >= 15 is 0 Å². The molecule has 0 spiro atoms. The first kappa shape index (κ1) is 36.1. The van der Waals surface area contributed by atoms with E-state index < -0.39 is 6.48 Å². The Morgan fingerprint density at radius 3 is 1.27 bits per heavy atom. The van der Waals surface area contributed by atoms with Gasteiger partial charge in [-0.3, -0.25) is 0 Å². The predicted octanol–water partition coefficient (Wildman–Crippen LogP) is -2.81. The summed E-state index contributed by atoms with van der Waals surface area (Å²) in [5, 5.41) is 35.7. The molecule has 0 N–H and O–H groups in total. The summed E-state index contributed by atoms with van der Waals surface area (Å²) >= 11 is 0. The zero-order valence-electron chi connectivity index (χ0n) is 8.15. The number of hydrogen-bond donors (Lipinski definition) is 0. The summed E-state index contributed by atoms with van der Waals surface area (Å²) < 4.78 is 3.93. The van der Waals surface area contributed by atoms with Crippen LogP contribution in [0.1, 0.15) is 28.7 Å². The average Bonchev–Trinajstić information content (AvgIpc) is 2.08. The average molecular weight is 239 g/mol. The van der Waals surface area contributed by atoms with Crippen molar-refractivity contribution in [1.82, 2.24) is 0 Å². The smallest absolute Gasteiger partial charge is 0.857 e. The van der Waals surface area contributed by atoms with E-state index in [1.807, 2.05) is 0 Å². The molecule has 15 heavy (non-hydrogen) atoms. The zero-order valence-corrected chi connectivity index (χ0v) is 9.56. The molecule has 0 aliphatic carbocycles. The zero-order chi connectivity index (χ0) is 10.4. The summed E-state index contributed by atoms with van der Waals surface area (Å²) in [4.78, 5) is 3.29. The first-order chi connectivity index (χ1) is 5.68. The van der Waals surface area contributed by atoms with Gasteiger partial charge >= 0.3 is 23.1 Å². The van der Waals surface area contributed by atoms with Gasteiger partial charge in [-0.2, -0.15) is 7.11 Å². The molecule has 0 aromatic carbocycles. The van der Waals surface area contributed by atoms with Crippen molar-refractivity contribution in [1.29, 1.82) is 0 Å². The van der Waals surface area contributed by atoms with E-state index in [9.17, 15) is 10.2 Å². The summed E-state index contributed by atoms with van der Waals surface area (Å²) in [5.41, 5.74) is 0. The molecule has 0 aliphatic heterocycles. The second-order valence-corrected chi connectivity index (χ2v) is 1.15. The maximum atomic E-state index is 9.35. The third-order valence-corrected chi connectivity index (χ3v) is 0.421. The van der Waals surface area contributed by atoms with Crippen LogP contribution in [0.3, 0.4) is 0 Å². The van der Waals surface area contributed by atoms with Crippen LogP contribution in [-0.4, -0.2) is 49.9 Å². The van der Waals surface area contributed by atoms with E-state index in [4.69, 9.17) is 10.4 Å². The van der Waals surface area contributed by atoms with Crippen molar-refractivity contribution >= 4 is 23.1 Å². The van der Waals surface area contributed by atoms with Crippen molar-refractivity contribution in [2.45, 2.75) is 35.2 Å². The van der Waals surface area contributed by atoms with E-state index in [1.54, 1.807) is 13.8 Å². The summed E-state index contributed by atoms with van der Waals surface area (Å²) in [6.45, 7) is 1.61. The Hall–Kier alpha value is 0.526. The maximum absolute atomic E-state index is 9.35. The molecule has 0 unspecified atom stereocenters. The van der Waals surface area contributed by atoms with Gasteiger partial charge in [0.1, 0.15) is 0 Å². The van der Waals surface area contributed by atoms with Crippen LogP contribution >= 0.6 is 0 Å². The molecule has 0 rings (SSSR count). The van der Waals surface area contributed by atoms with Gasteiger partial charge in [-0.15, -0.1) is 6.48 Å². The topological polar surface area (TPSA) is 111 Å². The summed E-state index contributed by atoms with van der Waals surface area (Å²) in [5.74, 6) is 0.